The number of aliphatic hydroxyl groups is 1. The summed E-state index contributed by atoms with van der Waals surface area (Å²) in [6, 6.07) is 4.81. The Bertz CT molecular complexity index is 415. The lowest BCUT2D eigenvalue weighted by Crippen LogP contribution is -2.36. The molecule has 0 spiro atoms. The first-order valence-electron chi connectivity index (χ1n) is 5.06. The summed E-state index contributed by atoms with van der Waals surface area (Å²) in [4.78, 5) is 11.2. The second kappa shape index (κ2) is 5.05. The van der Waals surface area contributed by atoms with Crippen molar-refractivity contribution in [2.75, 3.05) is 20.8 Å². The van der Waals surface area contributed by atoms with E-state index in [2.05, 4.69) is 0 Å². The van der Waals surface area contributed by atoms with E-state index in [1.54, 1.807) is 18.2 Å². The van der Waals surface area contributed by atoms with E-state index in [0.717, 1.165) is 0 Å². The normalized spacial score (nSPS) is 13.9. The summed E-state index contributed by atoms with van der Waals surface area (Å²) in [6.07, 6.45) is 0. The molecular formula is C12H16O5. The number of hydrogen-bond donors (Lipinski definition) is 2. The van der Waals surface area contributed by atoms with Crippen molar-refractivity contribution in [2.45, 2.75) is 12.3 Å². The highest BCUT2D eigenvalue weighted by Gasteiger charge is 2.37. The fourth-order valence-corrected chi connectivity index (χ4v) is 1.52. The fraction of sp³-hybridized carbons (Fsp3) is 0.417. The first-order valence-corrected chi connectivity index (χ1v) is 5.06. The molecule has 0 aromatic heterocycles. The molecule has 0 saturated carbocycles. The lowest BCUT2D eigenvalue weighted by molar-refractivity contribution is -0.144. The Morgan fingerprint density at radius 2 is 2.00 bits per heavy atom. The molecule has 1 unspecified atom stereocenters. The monoisotopic (exact) mass is 240 g/mol. The van der Waals surface area contributed by atoms with Gasteiger partial charge >= 0.3 is 5.97 Å². The van der Waals surface area contributed by atoms with Gasteiger partial charge in [-0.25, -0.2) is 0 Å². The zero-order chi connectivity index (χ0) is 13.1. The number of carboxylic acid groups (broad SMARTS) is 1. The van der Waals surface area contributed by atoms with Crippen LogP contribution in [0.1, 0.15) is 12.5 Å². The van der Waals surface area contributed by atoms with Crippen molar-refractivity contribution >= 4 is 5.97 Å². The van der Waals surface area contributed by atoms with Crippen LogP contribution in [0, 0.1) is 0 Å². The first kappa shape index (κ1) is 13.3. The summed E-state index contributed by atoms with van der Waals surface area (Å²) in [5.74, 6) is -0.164. The Hall–Kier alpha value is -1.75. The molecule has 1 aromatic rings. The molecule has 1 aromatic carbocycles. The van der Waals surface area contributed by atoms with Crippen LogP contribution in [0.4, 0.5) is 0 Å². The average Bonchev–Trinajstić information content (AvgIpc) is 2.36. The molecule has 0 aliphatic rings. The van der Waals surface area contributed by atoms with Crippen LogP contribution < -0.4 is 9.47 Å². The average molecular weight is 240 g/mol. The van der Waals surface area contributed by atoms with Gasteiger partial charge in [0.1, 0.15) is 16.9 Å². The lowest BCUT2D eigenvalue weighted by atomic mass is 9.82. The molecule has 0 aliphatic heterocycles. The van der Waals surface area contributed by atoms with Gasteiger partial charge in [-0.05, 0) is 13.0 Å². The highest BCUT2D eigenvalue weighted by atomic mass is 16.5. The van der Waals surface area contributed by atoms with Crippen LogP contribution in [-0.4, -0.2) is 37.0 Å². The number of carboxylic acids is 1. The first-order chi connectivity index (χ1) is 7.99. The van der Waals surface area contributed by atoms with Gasteiger partial charge in [-0.3, -0.25) is 4.79 Å². The van der Waals surface area contributed by atoms with Gasteiger partial charge in [0.15, 0.2) is 0 Å². The third-order valence-electron chi connectivity index (χ3n) is 2.79. The van der Waals surface area contributed by atoms with E-state index in [-0.39, 0.29) is 0 Å². The van der Waals surface area contributed by atoms with Crippen molar-refractivity contribution in [1.29, 1.82) is 0 Å². The maximum atomic E-state index is 11.2. The highest BCUT2D eigenvalue weighted by molar-refractivity contribution is 5.82. The molecule has 5 nitrogen and oxygen atoms in total. The minimum absolute atomic E-state index is 0.378. The summed E-state index contributed by atoms with van der Waals surface area (Å²) in [6.45, 7) is 0.935. The molecule has 0 heterocycles. The van der Waals surface area contributed by atoms with Crippen LogP contribution in [0.25, 0.3) is 0 Å². The zero-order valence-corrected chi connectivity index (χ0v) is 10.1. The van der Waals surface area contributed by atoms with Gasteiger partial charge in [-0.1, -0.05) is 6.07 Å². The van der Waals surface area contributed by atoms with E-state index in [0.29, 0.717) is 17.1 Å². The van der Waals surface area contributed by atoms with Crippen LogP contribution in [0.15, 0.2) is 18.2 Å². The van der Waals surface area contributed by atoms with Gasteiger partial charge in [0.2, 0.25) is 0 Å². The maximum absolute atomic E-state index is 11.2. The molecule has 0 radical (unpaired) electrons. The van der Waals surface area contributed by atoms with Crippen LogP contribution in [-0.2, 0) is 10.2 Å². The number of aliphatic hydroxyl groups excluding tert-OH is 1. The Morgan fingerprint density at radius 3 is 2.41 bits per heavy atom. The molecule has 1 rings (SSSR count). The summed E-state index contributed by atoms with van der Waals surface area (Å²) in [5.41, 5.74) is -0.978. The van der Waals surface area contributed by atoms with E-state index in [1.165, 1.54) is 21.1 Å². The van der Waals surface area contributed by atoms with Crippen LogP contribution >= 0.6 is 0 Å². The lowest BCUT2D eigenvalue weighted by Gasteiger charge is -2.24. The fourth-order valence-electron chi connectivity index (χ4n) is 1.52. The Balaban J connectivity index is 3.34. The molecule has 17 heavy (non-hydrogen) atoms. The predicted octanol–water partition coefficient (Wildman–Crippen LogP) is 1.04. The van der Waals surface area contributed by atoms with Crippen LogP contribution in [0.5, 0.6) is 11.5 Å². The van der Waals surface area contributed by atoms with Crippen molar-refractivity contribution in [3.63, 3.8) is 0 Å². The number of hydrogen-bond acceptors (Lipinski definition) is 4. The maximum Gasteiger partial charge on any atom is 0.316 e. The molecule has 0 aliphatic carbocycles. The van der Waals surface area contributed by atoms with E-state index >= 15 is 0 Å². The number of methoxy groups -OCH3 is 2. The minimum Gasteiger partial charge on any atom is -0.497 e. The number of benzene rings is 1. The van der Waals surface area contributed by atoms with E-state index < -0.39 is 18.0 Å². The summed E-state index contributed by atoms with van der Waals surface area (Å²) in [7, 11) is 2.95. The van der Waals surface area contributed by atoms with Gasteiger partial charge < -0.3 is 19.7 Å². The van der Waals surface area contributed by atoms with Gasteiger partial charge in [-0.15, -0.1) is 0 Å². The van der Waals surface area contributed by atoms with Crippen molar-refractivity contribution in [2.24, 2.45) is 0 Å². The van der Waals surface area contributed by atoms with Gasteiger partial charge in [0.05, 0.1) is 20.8 Å². The Morgan fingerprint density at radius 1 is 1.35 bits per heavy atom. The number of aliphatic carboxylic acids is 1. The largest absolute Gasteiger partial charge is 0.497 e. The second-order valence-corrected chi connectivity index (χ2v) is 3.86. The van der Waals surface area contributed by atoms with Crippen molar-refractivity contribution in [3.05, 3.63) is 23.8 Å². The quantitative estimate of drug-likeness (QED) is 0.804. The molecule has 0 saturated heterocycles. The van der Waals surface area contributed by atoms with Crippen LogP contribution in [0.3, 0.4) is 0 Å². The number of ether oxygens (including phenoxy) is 2. The zero-order valence-electron chi connectivity index (χ0n) is 10.1. The molecule has 0 bridgehead atoms. The van der Waals surface area contributed by atoms with Gasteiger partial charge in [0.25, 0.3) is 0 Å². The minimum atomic E-state index is -1.39. The molecular weight excluding hydrogens is 224 g/mol. The molecule has 1 atom stereocenters. The third-order valence-corrected chi connectivity index (χ3v) is 2.79. The molecule has 94 valence electrons. The van der Waals surface area contributed by atoms with E-state index in [1.807, 2.05) is 0 Å². The SMILES string of the molecule is COc1ccc(C(C)(CO)C(=O)O)c(OC)c1. The summed E-state index contributed by atoms with van der Waals surface area (Å²) >= 11 is 0. The van der Waals surface area contributed by atoms with E-state index in [4.69, 9.17) is 9.47 Å². The van der Waals surface area contributed by atoms with Crippen molar-refractivity contribution in [3.8, 4) is 11.5 Å². The standard InChI is InChI=1S/C12H16O5/c1-12(7-13,11(14)15)9-5-4-8(16-2)6-10(9)17-3/h4-6,13H,7H2,1-3H3,(H,14,15). The third kappa shape index (κ3) is 2.34. The van der Waals surface area contributed by atoms with Gasteiger partial charge in [0, 0.05) is 11.6 Å². The molecule has 2 N–H and O–H groups in total. The van der Waals surface area contributed by atoms with Gasteiger partial charge in [-0.2, -0.15) is 0 Å². The number of rotatable bonds is 5. The summed E-state index contributed by atoms with van der Waals surface area (Å²) in [5, 5.41) is 18.5. The smallest absolute Gasteiger partial charge is 0.316 e. The van der Waals surface area contributed by atoms with E-state index in [9.17, 15) is 15.0 Å². The summed E-state index contributed by atoms with van der Waals surface area (Å²) < 4.78 is 10.2. The van der Waals surface area contributed by atoms with Crippen molar-refractivity contribution in [1.82, 2.24) is 0 Å². The number of carbonyl (C=O) groups is 1. The predicted molar refractivity (Wildman–Crippen MR) is 61.6 cm³/mol. The van der Waals surface area contributed by atoms with Crippen LogP contribution in [0.2, 0.25) is 0 Å². The molecule has 5 heteroatoms. The molecule has 0 amide bonds. The van der Waals surface area contributed by atoms with Crippen molar-refractivity contribution < 1.29 is 24.5 Å². The Labute approximate surface area is 99.6 Å². The highest BCUT2D eigenvalue weighted by Crippen LogP contribution is 2.34. The topological polar surface area (TPSA) is 76.0 Å². The Kier molecular flexibility index (Phi) is 3.96. The second-order valence-electron chi connectivity index (χ2n) is 3.86. The molecule has 0 fully saturated rings.